The molecule has 0 spiro atoms. The Morgan fingerprint density at radius 3 is 2.64 bits per heavy atom. The number of carbonyl (C=O) groups is 2. The van der Waals surface area contributed by atoms with Gasteiger partial charge in [-0.3, -0.25) is 10.1 Å². The minimum Gasteiger partial charge on any atom is -0.506 e. The predicted molar refractivity (Wildman–Crippen MR) is 47.0 cm³/mol. The number of hydrogen-bond acceptors (Lipinski definition) is 3. The number of imide groups is 1. The molecule has 0 atom stereocenters. The Bertz CT molecular complexity index is 433. The van der Waals surface area contributed by atoms with E-state index in [4.69, 9.17) is 5.11 Å². The molecule has 3 amide bonds. The number of rotatable bonds is 1. The maximum absolute atomic E-state index is 11.1. The second kappa shape index (κ2) is 2.91. The number of aromatic hydroxyl groups is 1. The first kappa shape index (κ1) is 8.36. The minimum atomic E-state index is -0.544. The molecule has 0 bridgehead atoms. The second-order valence-corrected chi connectivity index (χ2v) is 2.77. The highest BCUT2D eigenvalue weighted by Gasteiger charge is 2.22. The summed E-state index contributed by atoms with van der Waals surface area (Å²) in [6, 6.07) is 0.920. The largest absolute Gasteiger partial charge is 0.506 e. The fraction of sp³-hybridized carbons (Fsp3) is 0. The number of hydrogen-bond donors (Lipinski definition) is 3. The van der Waals surface area contributed by atoms with Crippen LogP contribution in [-0.2, 0) is 4.79 Å². The number of urea groups is 1. The summed E-state index contributed by atoms with van der Waals surface area (Å²) in [7, 11) is 0. The Morgan fingerprint density at radius 1 is 1.36 bits per heavy atom. The first-order valence-corrected chi connectivity index (χ1v) is 3.86. The summed E-state index contributed by atoms with van der Waals surface area (Å²) in [5.41, 5.74) is 0.144. The van der Waals surface area contributed by atoms with Gasteiger partial charge in [0.15, 0.2) is 0 Å². The molecule has 0 unspecified atom stereocenters. The van der Waals surface area contributed by atoms with Crippen LogP contribution in [0.1, 0.15) is 0 Å². The van der Waals surface area contributed by atoms with Crippen LogP contribution in [0.2, 0.25) is 0 Å². The first-order chi connectivity index (χ1) is 6.65. The summed E-state index contributed by atoms with van der Waals surface area (Å²) in [6.45, 7) is 0. The third-order valence-electron chi connectivity index (χ3n) is 1.70. The van der Waals surface area contributed by atoms with E-state index >= 15 is 0 Å². The molecule has 3 N–H and O–H groups in total. The standard InChI is InChI=1S/C8H7N3O3/c12-5-1-2-11(3-5)4-6-7(13)10-8(14)9-6/h1-4,12H,(H2,9,10,13,14)/b6-4-. The highest BCUT2D eigenvalue weighted by atomic mass is 16.3. The van der Waals surface area contributed by atoms with E-state index in [1.165, 1.54) is 23.0 Å². The molecule has 1 fully saturated rings. The third kappa shape index (κ3) is 1.45. The van der Waals surface area contributed by atoms with Crippen LogP contribution in [0.4, 0.5) is 4.79 Å². The lowest BCUT2D eigenvalue weighted by Gasteiger charge is -1.94. The van der Waals surface area contributed by atoms with E-state index in [9.17, 15) is 9.59 Å². The number of amides is 3. The quantitative estimate of drug-likeness (QED) is 0.427. The molecule has 1 saturated heterocycles. The average Bonchev–Trinajstić information content (AvgIpc) is 2.61. The minimum absolute atomic E-state index is 0.0894. The Balaban J connectivity index is 2.27. The van der Waals surface area contributed by atoms with Crippen LogP contribution >= 0.6 is 0 Å². The Labute approximate surface area is 78.8 Å². The van der Waals surface area contributed by atoms with Gasteiger partial charge in [-0.05, 0) is 6.07 Å². The molecule has 72 valence electrons. The fourth-order valence-corrected chi connectivity index (χ4v) is 1.10. The van der Waals surface area contributed by atoms with Crippen molar-refractivity contribution in [2.75, 3.05) is 0 Å². The monoisotopic (exact) mass is 193 g/mol. The molecular weight excluding hydrogens is 186 g/mol. The topological polar surface area (TPSA) is 83.4 Å². The number of carbonyl (C=O) groups excluding carboxylic acids is 2. The normalized spacial score (nSPS) is 18.4. The molecule has 6 nitrogen and oxygen atoms in total. The van der Waals surface area contributed by atoms with Gasteiger partial charge in [0.05, 0.1) is 6.20 Å². The average molecular weight is 193 g/mol. The summed E-state index contributed by atoms with van der Waals surface area (Å²) in [5, 5.41) is 13.4. The Kier molecular flexibility index (Phi) is 1.74. The fourth-order valence-electron chi connectivity index (χ4n) is 1.10. The van der Waals surface area contributed by atoms with Crippen molar-refractivity contribution in [2.24, 2.45) is 0 Å². The van der Waals surface area contributed by atoms with Gasteiger partial charge in [-0.2, -0.15) is 0 Å². The molecule has 0 aromatic carbocycles. The van der Waals surface area contributed by atoms with Crippen molar-refractivity contribution in [1.82, 2.24) is 15.2 Å². The van der Waals surface area contributed by atoms with Crippen LogP contribution in [0.3, 0.4) is 0 Å². The molecule has 1 aliphatic rings. The van der Waals surface area contributed by atoms with Crippen molar-refractivity contribution in [2.45, 2.75) is 0 Å². The number of nitrogens with one attached hydrogen (secondary N) is 2. The predicted octanol–water partition coefficient (Wildman–Crippen LogP) is -0.169. The summed E-state index contributed by atoms with van der Waals surface area (Å²) in [5.74, 6) is -0.394. The van der Waals surface area contributed by atoms with Gasteiger partial charge in [-0.25, -0.2) is 4.79 Å². The zero-order chi connectivity index (χ0) is 10.1. The maximum atomic E-state index is 11.1. The molecule has 6 heteroatoms. The van der Waals surface area contributed by atoms with Gasteiger partial charge in [0, 0.05) is 12.4 Å². The number of aromatic nitrogens is 1. The Hall–Kier alpha value is -2.24. The van der Waals surface area contributed by atoms with Crippen LogP contribution < -0.4 is 10.6 Å². The molecule has 0 saturated carbocycles. The maximum Gasteiger partial charge on any atom is 0.326 e. The molecule has 2 rings (SSSR count). The van der Waals surface area contributed by atoms with Gasteiger partial charge in [-0.15, -0.1) is 0 Å². The van der Waals surface area contributed by atoms with Crippen molar-refractivity contribution < 1.29 is 14.7 Å². The lowest BCUT2D eigenvalue weighted by atomic mass is 10.5. The molecule has 0 radical (unpaired) electrons. The van der Waals surface area contributed by atoms with E-state index in [1.54, 1.807) is 6.20 Å². The molecule has 0 aliphatic carbocycles. The zero-order valence-electron chi connectivity index (χ0n) is 7.02. The van der Waals surface area contributed by atoms with Crippen molar-refractivity contribution >= 4 is 18.1 Å². The van der Waals surface area contributed by atoms with Gasteiger partial charge in [0.1, 0.15) is 11.4 Å². The van der Waals surface area contributed by atoms with Crippen molar-refractivity contribution in [3.8, 4) is 5.75 Å². The van der Waals surface area contributed by atoms with E-state index in [-0.39, 0.29) is 11.4 Å². The van der Waals surface area contributed by atoms with Crippen molar-refractivity contribution in [3.63, 3.8) is 0 Å². The summed E-state index contributed by atoms with van der Waals surface area (Å²) >= 11 is 0. The van der Waals surface area contributed by atoms with Crippen LogP contribution in [-0.4, -0.2) is 21.6 Å². The van der Waals surface area contributed by atoms with Gasteiger partial charge >= 0.3 is 6.03 Å². The molecule has 1 aromatic rings. The SMILES string of the molecule is O=C1NC(=O)/C(=C/n2ccc(O)c2)N1. The summed E-state index contributed by atoms with van der Waals surface area (Å²) < 4.78 is 1.47. The van der Waals surface area contributed by atoms with E-state index in [0.29, 0.717) is 0 Å². The van der Waals surface area contributed by atoms with E-state index in [0.717, 1.165) is 0 Å². The molecule has 1 aliphatic heterocycles. The van der Waals surface area contributed by atoms with Gasteiger partial charge in [0.2, 0.25) is 0 Å². The molecule has 1 aromatic heterocycles. The lowest BCUT2D eigenvalue weighted by molar-refractivity contribution is -0.115. The first-order valence-electron chi connectivity index (χ1n) is 3.86. The van der Waals surface area contributed by atoms with Crippen LogP contribution in [0.25, 0.3) is 6.20 Å². The molecule has 2 heterocycles. The third-order valence-corrected chi connectivity index (χ3v) is 1.70. The van der Waals surface area contributed by atoms with Crippen LogP contribution in [0.15, 0.2) is 24.2 Å². The van der Waals surface area contributed by atoms with Crippen molar-refractivity contribution in [3.05, 3.63) is 24.2 Å². The molecule has 14 heavy (non-hydrogen) atoms. The molecular formula is C8H7N3O3. The smallest absolute Gasteiger partial charge is 0.326 e. The number of nitrogens with zero attached hydrogens (tertiary/aromatic N) is 1. The highest BCUT2D eigenvalue weighted by Crippen LogP contribution is 2.09. The van der Waals surface area contributed by atoms with E-state index in [1.807, 2.05) is 0 Å². The second-order valence-electron chi connectivity index (χ2n) is 2.77. The van der Waals surface area contributed by atoms with E-state index in [2.05, 4.69) is 10.6 Å². The Morgan fingerprint density at radius 2 is 2.14 bits per heavy atom. The zero-order valence-corrected chi connectivity index (χ0v) is 7.02. The summed E-state index contributed by atoms with van der Waals surface area (Å²) in [6.07, 6.45) is 4.37. The summed E-state index contributed by atoms with van der Waals surface area (Å²) in [4.78, 5) is 21.8. The van der Waals surface area contributed by atoms with Gasteiger partial charge in [-0.1, -0.05) is 0 Å². The van der Waals surface area contributed by atoms with E-state index < -0.39 is 11.9 Å². The van der Waals surface area contributed by atoms with Gasteiger partial charge in [0.25, 0.3) is 5.91 Å². The van der Waals surface area contributed by atoms with Crippen LogP contribution in [0, 0.1) is 0 Å². The lowest BCUT2D eigenvalue weighted by Crippen LogP contribution is -2.22. The van der Waals surface area contributed by atoms with Crippen LogP contribution in [0.5, 0.6) is 5.75 Å². The van der Waals surface area contributed by atoms with Crippen molar-refractivity contribution in [1.29, 1.82) is 0 Å². The highest BCUT2D eigenvalue weighted by molar-refractivity contribution is 6.13. The van der Waals surface area contributed by atoms with Gasteiger partial charge < -0.3 is 15.0 Å².